The summed E-state index contributed by atoms with van der Waals surface area (Å²) in [6.07, 6.45) is 4.69. The lowest BCUT2D eigenvalue weighted by molar-refractivity contribution is 0.327. The Kier molecular flexibility index (Phi) is 7.91. The van der Waals surface area contributed by atoms with Crippen molar-refractivity contribution in [3.05, 3.63) is 72.1 Å². The topological polar surface area (TPSA) is 159 Å². The van der Waals surface area contributed by atoms with Crippen molar-refractivity contribution in [2.45, 2.75) is 19.9 Å². The number of hydrogen-bond donors (Lipinski definition) is 2. The summed E-state index contributed by atoms with van der Waals surface area (Å²) in [4.78, 5) is 27.4. The van der Waals surface area contributed by atoms with Crippen molar-refractivity contribution in [1.82, 2.24) is 39.2 Å². The van der Waals surface area contributed by atoms with E-state index in [1.54, 1.807) is 61.5 Å². The van der Waals surface area contributed by atoms with Gasteiger partial charge in [0.15, 0.2) is 22.9 Å². The maximum absolute atomic E-state index is 11.8. The zero-order valence-corrected chi connectivity index (χ0v) is 22.9. The van der Waals surface area contributed by atoms with Gasteiger partial charge in [-0.15, -0.1) is 0 Å². The predicted molar refractivity (Wildman–Crippen MR) is 147 cm³/mol. The van der Waals surface area contributed by atoms with Gasteiger partial charge in [0.2, 0.25) is 17.1 Å². The van der Waals surface area contributed by atoms with E-state index < -0.39 is 17.3 Å². The minimum absolute atomic E-state index is 0.244. The van der Waals surface area contributed by atoms with E-state index in [1.165, 1.54) is 6.20 Å². The summed E-state index contributed by atoms with van der Waals surface area (Å²) < 4.78 is 42.8. The summed E-state index contributed by atoms with van der Waals surface area (Å²) in [5, 5.41) is 0. The van der Waals surface area contributed by atoms with E-state index in [9.17, 15) is 8.76 Å². The number of nitrogens with one attached hydrogen (secondary N) is 1. The Bertz CT molecular complexity index is 1660. The van der Waals surface area contributed by atoms with Gasteiger partial charge in [0.05, 0.1) is 32.7 Å². The first-order valence-corrected chi connectivity index (χ1v) is 13.3. The first-order chi connectivity index (χ1) is 19.4. The number of hydrogen-bond acceptors (Lipinski definition) is 10. The van der Waals surface area contributed by atoms with Crippen molar-refractivity contribution >= 4 is 22.6 Å². The number of fused-ring (bicyclic) bond motifs is 1. The average molecular weight is 563 g/mol. The van der Waals surface area contributed by atoms with Gasteiger partial charge >= 0.3 is 0 Å². The maximum Gasteiger partial charge on any atom is 0.232 e. The lowest BCUT2D eigenvalue weighted by atomic mass is 10.2. The van der Waals surface area contributed by atoms with E-state index in [0.29, 0.717) is 52.5 Å². The molecule has 4 heterocycles. The Labute approximate surface area is 232 Å². The van der Waals surface area contributed by atoms with Crippen LogP contribution in [0.2, 0.25) is 0 Å². The minimum Gasteiger partial charge on any atom is -0.494 e. The Morgan fingerprint density at radius 2 is 1.68 bits per heavy atom. The van der Waals surface area contributed by atoms with Gasteiger partial charge in [-0.2, -0.15) is 4.72 Å². The molecule has 2 N–H and O–H groups in total. The summed E-state index contributed by atoms with van der Waals surface area (Å²) in [5.74, 6) is 2.05. The van der Waals surface area contributed by atoms with Crippen molar-refractivity contribution in [2.24, 2.45) is 0 Å². The van der Waals surface area contributed by atoms with E-state index in [-0.39, 0.29) is 11.5 Å². The number of para-hydroxylation sites is 1. The molecule has 0 saturated heterocycles. The molecule has 1 aromatic carbocycles. The second-order valence-corrected chi connectivity index (χ2v) is 9.17. The highest BCUT2D eigenvalue weighted by atomic mass is 32.2. The van der Waals surface area contributed by atoms with E-state index >= 15 is 0 Å². The normalized spacial score (nSPS) is 12.7. The lowest BCUT2D eigenvalue weighted by Gasteiger charge is -2.17. The van der Waals surface area contributed by atoms with E-state index in [2.05, 4.69) is 24.7 Å². The first kappa shape index (κ1) is 27.1. The molecule has 0 radical (unpaired) electrons. The monoisotopic (exact) mass is 562 g/mol. The number of aryl methyl sites for hydroxylation is 1. The average Bonchev–Trinajstić information content (AvgIpc) is 3.34. The number of aromatic nitrogens is 7. The predicted octanol–water partition coefficient (Wildman–Crippen LogP) is 3.21. The second-order valence-electron chi connectivity index (χ2n) is 8.44. The fourth-order valence-electron chi connectivity index (χ4n) is 4.11. The molecule has 2 atom stereocenters. The summed E-state index contributed by atoms with van der Waals surface area (Å²) in [6, 6.07) is 9.79. The second kappa shape index (κ2) is 11.7. The molecule has 5 rings (SSSR count). The molecule has 14 heteroatoms. The quantitative estimate of drug-likeness (QED) is 0.241. The number of methoxy groups -OCH3 is 2. The standard InChI is InChI=1S/C26H26N8O5S/c1-5-39-20-11-6-8-16(30-20)25-32-24-26(34(25)22-18(37-3)9-7-10-19(22)38-4)31-17(14-29-24)21(33-40(35)36)23-27-12-15(2)13-28-23/h6-14,21,33H,5H2,1-4H3,(H,35,36). The molecule has 4 aromatic heterocycles. The van der Waals surface area contributed by atoms with Crippen LogP contribution in [0.25, 0.3) is 28.5 Å². The number of pyridine rings is 1. The van der Waals surface area contributed by atoms with Crippen LogP contribution in [0.1, 0.15) is 30.0 Å². The zero-order valence-electron chi connectivity index (χ0n) is 22.1. The fourth-order valence-corrected chi connectivity index (χ4v) is 4.53. The molecule has 0 amide bonds. The van der Waals surface area contributed by atoms with Crippen molar-refractivity contribution in [3.63, 3.8) is 0 Å². The minimum atomic E-state index is -2.40. The number of ether oxygens (including phenoxy) is 3. The van der Waals surface area contributed by atoms with Gasteiger partial charge in [-0.1, -0.05) is 12.1 Å². The third kappa shape index (κ3) is 5.32. The summed E-state index contributed by atoms with van der Waals surface area (Å²) in [7, 11) is 3.10. The summed E-state index contributed by atoms with van der Waals surface area (Å²) >= 11 is -2.40. The molecule has 0 aliphatic heterocycles. The molecule has 206 valence electrons. The van der Waals surface area contributed by atoms with Crippen LogP contribution in [0.4, 0.5) is 0 Å². The van der Waals surface area contributed by atoms with Crippen molar-refractivity contribution < 1.29 is 23.0 Å². The van der Waals surface area contributed by atoms with E-state index in [4.69, 9.17) is 24.2 Å². The van der Waals surface area contributed by atoms with Crippen LogP contribution in [0.15, 0.2) is 55.0 Å². The van der Waals surface area contributed by atoms with Crippen LogP contribution < -0.4 is 18.9 Å². The van der Waals surface area contributed by atoms with Gasteiger partial charge in [0, 0.05) is 18.5 Å². The van der Waals surface area contributed by atoms with Crippen molar-refractivity contribution in [1.29, 1.82) is 0 Å². The van der Waals surface area contributed by atoms with E-state index in [1.807, 2.05) is 19.9 Å². The molecule has 0 fully saturated rings. The highest BCUT2D eigenvalue weighted by Gasteiger charge is 2.27. The van der Waals surface area contributed by atoms with Gasteiger partial charge < -0.3 is 14.2 Å². The molecule has 0 aliphatic rings. The first-order valence-electron chi connectivity index (χ1n) is 12.2. The molecule has 5 aromatic rings. The van der Waals surface area contributed by atoms with Crippen LogP contribution in [-0.2, 0) is 11.3 Å². The Hall–Kier alpha value is -4.53. The highest BCUT2D eigenvalue weighted by molar-refractivity contribution is 7.77. The van der Waals surface area contributed by atoms with Gasteiger partial charge in [0.25, 0.3) is 0 Å². The largest absolute Gasteiger partial charge is 0.494 e. The van der Waals surface area contributed by atoms with Gasteiger partial charge in [0.1, 0.15) is 28.9 Å². The third-order valence-corrected chi connectivity index (χ3v) is 6.27. The molecule has 2 unspecified atom stereocenters. The van der Waals surface area contributed by atoms with Crippen LogP contribution in [-0.4, -0.2) is 64.1 Å². The molecule has 0 saturated carbocycles. The molecule has 40 heavy (non-hydrogen) atoms. The molecule has 13 nitrogen and oxygen atoms in total. The van der Waals surface area contributed by atoms with Crippen molar-refractivity contribution in [3.8, 4) is 34.6 Å². The Balaban J connectivity index is 1.80. The SMILES string of the molecule is CCOc1cccc(-c2nc3ncc(C(NS(=O)O)c4ncc(C)cn4)nc3n2-c2c(OC)cccc2OC)n1. The van der Waals surface area contributed by atoms with Crippen LogP contribution in [0.3, 0.4) is 0 Å². The molecular formula is C26H26N8O5S. The number of rotatable bonds is 10. The van der Waals surface area contributed by atoms with Gasteiger partial charge in [-0.3, -0.25) is 9.12 Å². The third-order valence-electron chi connectivity index (χ3n) is 5.83. The molecule has 0 bridgehead atoms. The molecule has 0 aliphatic carbocycles. The maximum atomic E-state index is 11.8. The zero-order chi connectivity index (χ0) is 28.2. The summed E-state index contributed by atoms with van der Waals surface area (Å²) in [5.41, 5.74) is 2.75. The van der Waals surface area contributed by atoms with E-state index in [0.717, 1.165) is 5.56 Å². The smallest absolute Gasteiger partial charge is 0.232 e. The number of imidazole rings is 1. The highest BCUT2D eigenvalue weighted by Crippen LogP contribution is 2.38. The van der Waals surface area contributed by atoms with Crippen LogP contribution in [0.5, 0.6) is 17.4 Å². The molecule has 0 spiro atoms. The Morgan fingerprint density at radius 1 is 0.975 bits per heavy atom. The summed E-state index contributed by atoms with van der Waals surface area (Å²) in [6.45, 7) is 4.17. The Morgan fingerprint density at radius 3 is 2.33 bits per heavy atom. The fraction of sp³-hybridized carbons (Fsp3) is 0.231. The van der Waals surface area contributed by atoms with Crippen LogP contribution >= 0.6 is 0 Å². The van der Waals surface area contributed by atoms with Crippen molar-refractivity contribution in [2.75, 3.05) is 20.8 Å². The molecular weight excluding hydrogens is 536 g/mol. The van der Waals surface area contributed by atoms with Gasteiger partial charge in [-0.05, 0) is 37.6 Å². The number of benzene rings is 1. The van der Waals surface area contributed by atoms with Crippen LogP contribution in [0, 0.1) is 6.92 Å². The number of nitrogens with zero attached hydrogens (tertiary/aromatic N) is 7. The van der Waals surface area contributed by atoms with Gasteiger partial charge in [-0.25, -0.2) is 34.1 Å². The lowest BCUT2D eigenvalue weighted by Crippen LogP contribution is -2.27.